The molecule has 0 aromatic heterocycles. The van der Waals surface area contributed by atoms with Crippen LogP contribution < -0.4 is 9.62 Å². The molecular formula is C23H28Cl2IN3O4S. The maximum absolute atomic E-state index is 13.5. The fraction of sp³-hybridized carbons (Fsp3) is 0.391. The van der Waals surface area contributed by atoms with Gasteiger partial charge in [-0.2, -0.15) is 0 Å². The predicted octanol–water partition coefficient (Wildman–Crippen LogP) is 4.70. The number of benzene rings is 2. The van der Waals surface area contributed by atoms with E-state index >= 15 is 0 Å². The molecule has 0 aliphatic carbocycles. The van der Waals surface area contributed by atoms with Crippen LogP contribution in [0.25, 0.3) is 0 Å². The molecule has 0 unspecified atom stereocenters. The van der Waals surface area contributed by atoms with E-state index in [-0.39, 0.29) is 18.5 Å². The molecule has 186 valence electrons. The van der Waals surface area contributed by atoms with Crippen molar-refractivity contribution in [2.24, 2.45) is 0 Å². The number of carbonyl (C=O) groups is 2. The Bertz CT molecular complexity index is 1130. The molecule has 2 atom stereocenters. The summed E-state index contributed by atoms with van der Waals surface area (Å²) in [5.41, 5.74) is 0.945. The normalized spacial score (nSPS) is 13.1. The molecule has 0 aliphatic rings. The van der Waals surface area contributed by atoms with Crippen LogP contribution in [-0.2, 0) is 26.2 Å². The molecule has 0 saturated heterocycles. The summed E-state index contributed by atoms with van der Waals surface area (Å²) in [7, 11) is -3.78. The molecule has 2 aromatic carbocycles. The summed E-state index contributed by atoms with van der Waals surface area (Å²) < 4.78 is 27.1. The lowest BCUT2D eigenvalue weighted by Crippen LogP contribution is -2.52. The van der Waals surface area contributed by atoms with Gasteiger partial charge in [-0.3, -0.25) is 13.9 Å². The van der Waals surface area contributed by atoms with Crippen LogP contribution >= 0.6 is 45.8 Å². The first-order valence-corrected chi connectivity index (χ1v) is 14.3. The Morgan fingerprint density at radius 3 is 2.24 bits per heavy atom. The summed E-state index contributed by atoms with van der Waals surface area (Å²) >= 11 is 14.4. The van der Waals surface area contributed by atoms with E-state index in [0.29, 0.717) is 21.3 Å². The highest BCUT2D eigenvalue weighted by atomic mass is 127. The molecule has 7 nitrogen and oxygen atoms in total. The van der Waals surface area contributed by atoms with Crippen molar-refractivity contribution in [3.05, 3.63) is 61.6 Å². The van der Waals surface area contributed by atoms with Crippen molar-refractivity contribution in [3.8, 4) is 0 Å². The maximum atomic E-state index is 13.5. The summed E-state index contributed by atoms with van der Waals surface area (Å²) in [6, 6.07) is 10.7. The first-order valence-electron chi connectivity index (χ1n) is 10.6. The van der Waals surface area contributed by atoms with E-state index in [9.17, 15) is 18.0 Å². The molecule has 0 aliphatic heterocycles. The van der Waals surface area contributed by atoms with Crippen molar-refractivity contribution in [1.29, 1.82) is 0 Å². The summed E-state index contributed by atoms with van der Waals surface area (Å²) in [5, 5.41) is 3.66. The van der Waals surface area contributed by atoms with Gasteiger partial charge in [-0.05, 0) is 84.8 Å². The molecule has 2 aromatic rings. The van der Waals surface area contributed by atoms with E-state index in [4.69, 9.17) is 23.2 Å². The fourth-order valence-electron chi connectivity index (χ4n) is 3.10. The smallest absolute Gasteiger partial charge is 0.244 e. The first-order chi connectivity index (χ1) is 15.8. The van der Waals surface area contributed by atoms with Gasteiger partial charge in [0.2, 0.25) is 21.8 Å². The zero-order valence-corrected chi connectivity index (χ0v) is 23.9. The second-order valence-corrected chi connectivity index (χ2v) is 12.0. The molecule has 0 bridgehead atoms. The number of hydrogen-bond donors (Lipinski definition) is 1. The van der Waals surface area contributed by atoms with E-state index < -0.39 is 28.5 Å². The van der Waals surface area contributed by atoms with Gasteiger partial charge in [0, 0.05) is 26.2 Å². The minimum Gasteiger partial charge on any atom is -0.352 e. The fourth-order valence-corrected chi connectivity index (χ4v) is 4.78. The van der Waals surface area contributed by atoms with Crippen LogP contribution in [0, 0.1) is 3.57 Å². The monoisotopic (exact) mass is 639 g/mol. The van der Waals surface area contributed by atoms with Crippen LogP contribution in [0.2, 0.25) is 10.0 Å². The molecule has 0 saturated carbocycles. The van der Waals surface area contributed by atoms with Gasteiger partial charge in [0.25, 0.3) is 0 Å². The molecule has 0 spiro atoms. The van der Waals surface area contributed by atoms with Gasteiger partial charge in [-0.15, -0.1) is 0 Å². The Morgan fingerprint density at radius 1 is 1.09 bits per heavy atom. The topological polar surface area (TPSA) is 86.8 Å². The van der Waals surface area contributed by atoms with E-state index in [1.807, 2.05) is 13.8 Å². The van der Waals surface area contributed by atoms with Gasteiger partial charge in [-0.1, -0.05) is 36.2 Å². The lowest BCUT2D eigenvalue weighted by molar-refractivity contribution is -0.139. The quantitative estimate of drug-likeness (QED) is 0.382. The third kappa shape index (κ3) is 8.00. The first kappa shape index (κ1) is 28.7. The van der Waals surface area contributed by atoms with Crippen LogP contribution in [0.1, 0.15) is 32.8 Å². The number of rotatable bonds is 10. The average molecular weight is 640 g/mol. The van der Waals surface area contributed by atoms with Crippen LogP contribution in [0.5, 0.6) is 0 Å². The molecule has 0 heterocycles. The maximum Gasteiger partial charge on any atom is 0.244 e. The van der Waals surface area contributed by atoms with E-state index in [1.165, 1.54) is 4.90 Å². The molecule has 11 heteroatoms. The van der Waals surface area contributed by atoms with Crippen molar-refractivity contribution in [2.75, 3.05) is 17.1 Å². The van der Waals surface area contributed by atoms with Crippen LogP contribution in [0.15, 0.2) is 42.5 Å². The Hall–Kier alpha value is -1.56. The zero-order valence-electron chi connectivity index (χ0n) is 19.4. The Labute approximate surface area is 225 Å². The Balaban J connectivity index is 2.41. The van der Waals surface area contributed by atoms with E-state index in [2.05, 4.69) is 27.9 Å². The van der Waals surface area contributed by atoms with Crippen molar-refractivity contribution in [3.63, 3.8) is 0 Å². The van der Waals surface area contributed by atoms with Gasteiger partial charge in [0.05, 0.1) is 11.9 Å². The highest BCUT2D eigenvalue weighted by Gasteiger charge is 2.30. The summed E-state index contributed by atoms with van der Waals surface area (Å²) in [4.78, 5) is 27.7. The lowest BCUT2D eigenvalue weighted by atomic mass is 10.1. The summed E-state index contributed by atoms with van der Waals surface area (Å²) in [6.45, 7) is 4.96. The molecule has 0 radical (unpaired) electrons. The number of halogens is 3. The molecule has 2 rings (SSSR count). The minimum atomic E-state index is -3.78. The third-order valence-electron chi connectivity index (χ3n) is 5.32. The van der Waals surface area contributed by atoms with Crippen LogP contribution in [0.4, 0.5) is 5.69 Å². The second kappa shape index (κ2) is 12.4. The Kier molecular flexibility index (Phi) is 10.5. The molecule has 34 heavy (non-hydrogen) atoms. The van der Waals surface area contributed by atoms with Crippen molar-refractivity contribution >= 4 is 73.3 Å². The molecular weight excluding hydrogens is 612 g/mol. The van der Waals surface area contributed by atoms with Gasteiger partial charge in [-0.25, -0.2) is 8.42 Å². The van der Waals surface area contributed by atoms with Gasteiger partial charge >= 0.3 is 0 Å². The summed E-state index contributed by atoms with van der Waals surface area (Å²) in [6.07, 6.45) is 1.77. The van der Waals surface area contributed by atoms with Crippen molar-refractivity contribution < 1.29 is 18.0 Å². The van der Waals surface area contributed by atoms with Crippen LogP contribution in [-0.4, -0.2) is 50.0 Å². The number of anilines is 1. The molecule has 0 fully saturated rings. The highest BCUT2D eigenvalue weighted by molar-refractivity contribution is 14.1. The predicted molar refractivity (Wildman–Crippen MR) is 146 cm³/mol. The number of sulfonamides is 1. The van der Waals surface area contributed by atoms with Gasteiger partial charge in [0.1, 0.15) is 12.6 Å². The Morgan fingerprint density at radius 2 is 1.71 bits per heavy atom. The standard InChI is InChI=1S/C23H28Cl2IN3O4S/c1-5-15(2)27-23(31)16(3)28(13-17-6-7-18(24)12-21(17)25)22(30)14-29(34(4,32)33)20-10-8-19(26)9-11-20/h6-12,15-16H,5,13-14H2,1-4H3,(H,27,31)/t15-,16-/m1/s1. The molecule has 2 amide bonds. The summed E-state index contributed by atoms with van der Waals surface area (Å²) in [5.74, 6) is -0.880. The van der Waals surface area contributed by atoms with E-state index in [1.54, 1.807) is 49.4 Å². The van der Waals surface area contributed by atoms with Gasteiger partial charge in [0.15, 0.2) is 0 Å². The van der Waals surface area contributed by atoms with Crippen molar-refractivity contribution in [2.45, 2.75) is 45.8 Å². The average Bonchev–Trinajstić information content (AvgIpc) is 2.76. The number of carbonyl (C=O) groups excluding carboxylic acids is 2. The zero-order chi connectivity index (χ0) is 25.6. The number of nitrogens with zero attached hydrogens (tertiary/aromatic N) is 2. The lowest BCUT2D eigenvalue weighted by Gasteiger charge is -2.32. The van der Waals surface area contributed by atoms with Crippen molar-refractivity contribution in [1.82, 2.24) is 10.2 Å². The molecule has 1 N–H and O–H groups in total. The highest BCUT2D eigenvalue weighted by Crippen LogP contribution is 2.24. The van der Waals surface area contributed by atoms with Gasteiger partial charge < -0.3 is 10.2 Å². The largest absolute Gasteiger partial charge is 0.352 e. The van der Waals surface area contributed by atoms with E-state index in [0.717, 1.165) is 20.6 Å². The minimum absolute atomic E-state index is 0.00815. The SMILES string of the molecule is CC[C@@H](C)NC(=O)[C@@H](C)N(Cc1ccc(Cl)cc1Cl)C(=O)CN(c1ccc(I)cc1)S(C)(=O)=O. The number of hydrogen-bond acceptors (Lipinski definition) is 4. The third-order valence-corrected chi connectivity index (χ3v) is 7.76. The number of amides is 2. The second-order valence-electron chi connectivity index (χ2n) is 8.00. The van der Waals surface area contributed by atoms with Crippen LogP contribution in [0.3, 0.4) is 0 Å². The number of nitrogens with one attached hydrogen (secondary N) is 1.